The maximum atomic E-state index is 10.8. The van der Waals surface area contributed by atoms with E-state index >= 15 is 0 Å². The number of aromatic nitrogens is 3. The monoisotopic (exact) mass is 248 g/mol. The second kappa shape index (κ2) is 3.95. The molecule has 7 heteroatoms. The summed E-state index contributed by atoms with van der Waals surface area (Å²) in [6, 6.07) is 3.20. The quantitative estimate of drug-likeness (QED) is 0.777. The molecule has 18 heavy (non-hydrogen) atoms. The van der Waals surface area contributed by atoms with Crippen molar-refractivity contribution in [1.82, 2.24) is 14.6 Å². The van der Waals surface area contributed by atoms with E-state index in [4.69, 9.17) is 5.11 Å². The van der Waals surface area contributed by atoms with Gasteiger partial charge in [-0.2, -0.15) is 5.10 Å². The normalized spacial score (nSPS) is 19.6. The highest BCUT2D eigenvalue weighted by atomic mass is 16.4. The molecule has 0 bridgehead atoms. The Bertz CT molecular complexity index is 609. The Balaban J connectivity index is 1.97. The van der Waals surface area contributed by atoms with Crippen molar-refractivity contribution < 1.29 is 15.0 Å². The summed E-state index contributed by atoms with van der Waals surface area (Å²) in [4.78, 5) is 17.1. The van der Waals surface area contributed by atoms with E-state index in [1.807, 2.05) is 4.90 Å². The number of nitrogens with zero attached hydrogens (tertiary/aromatic N) is 4. The third-order valence-electron chi connectivity index (χ3n) is 3.02. The van der Waals surface area contributed by atoms with Crippen molar-refractivity contribution in [2.24, 2.45) is 0 Å². The Labute approximate surface area is 102 Å². The number of aromatic carboxylic acids is 1. The zero-order chi connectivity index (χ0) is 12.7. The van der Waals surface area contributed by atoms with Gasteiger partial charge in [0.2, 0.25) is 0 Å². The molecule has 0 spiro atoms. The minimum atomic E-state index is -1.07. The van der Waals surface area contributed by atoms with Gasteiger partial charge < -0.3 is 15.1 Å². The number of aliphatic hydroxyl groups is 1. The predicted molar refractivity (Wildman–Crippen MR) is 62.8 cm³/mol. The van der Waals surface area contributed by atoms with Crippen LogP contribution in [0.1, 0.15) is 16.9 Å². The number of carbonyl (C=O) groups is 1. The van der Waals surface area contributed by atoms with Gasteiger partial charge in [0.1, 0.15) is 5.82 Å². The van der Waals surface area contributed by atoms with Crippen LogP contribution in [0.2, 0.25) is 0 Å². The van der Waals surface area contributed by atoms with Crippen molar-refractivity contribution in [3.05, 3.63) is 24.0 Å². The lowest BCUT2D eigenvalue weighted by Gasteiger charge is -2.16. The molecule has 0 saturated carbocycles. The number of β-amino-alcohol motifs (C(OH)–C–C–N with tert-alkyl or cyclic N) is 1. The molecule has 0 aliphatic carbocycles. The molecule has 94 valence electrons. The average Bonchev–Trinajstić information content (AvgIpc) is 2.93. The summed E-state index contributed by atoms with van der Waals surface area (Å²) in [5.74, 6) is -0.338. The second-order valence-corrected chi connectivity index (χ2v) is 4.31. The Kier molecular flexibility index (Phi) is 2.41. The van der Waals surface area contributed by atoms with Gasteiger partial charge in [0.15, 0.2) is 11.3 Å². The molecule has 1 atom stereocenters. The molecule has 3 heterocycles. The summed E-state index contributed by atoms with van der Waals surface area (Å²) < 4.78 is 1.43. The van der Waals surface area contributed by atoms with Crippen LogP contribution < -0.4 is 4.90 Å². The number of hydrogen-bond donors (Lipinski definition) is 2. The van der Waals surface area contributed by atoms with Gasteiger partial charge in [-0.15, -0.1) is 0 Å². The highest BCUT2D eigenvalue weighted by molar-refractivity contribution is 5.86. The predicted octanol–water partition coefficient (Wildman–Crippen LogP) is -0.00150. The van der Waals surface area contributed by atoms with Crippen LogP contribution >= 0.6 is 0 Å². The Morgan fingerprint density at radius 1 is 1.50 bits per heavy atom. The van der Waals surface area contributed by atoms with Crippen LogP contribution in [0.5, 0.6) is 0 Å². The van der Waals surface area contributed by atoms with Crippen molar-refractivity contribution in [2.45, 2.75) is 12.5 Å². The first-order chi connectivity index (χ1) is 8.63. The molecule has 7 nitrogen and oxygen atoms in total. The van der Waals surface area contributed by atoms with Gasteiger partial charge in [0, 0.05) is 25.4 Å². The fraction of sp³-hybridized carbons (Fsp3) is 0.364. The van der Waals surface area contributed by atoms with Gasteiger partial charge in [-0.1, -0.05) is 0 Å². The smallest absolute Gasteiger partial charge is 0.356 e. The molecule has 2 aromatic rings. The third kappa shape index (κ3) is 1.78. The standard InChI is InChI=1S/C11H12N4O3/c16-7-1-3-14(6-7)9-2-4-15-10(12-9)5-8(13-15)11(17)18/h2,4-5,7,16H,1,3,6H2,(H,17,18)/t7-/m0/s1. The van der Waals surface area contributed by atoms with Crippen LogP contribution in [0.4, 0.5) is 5.82 Å². The number of rotatable bonds is 2. The zero-order valence-corrected chi connectivity index (χ0v) is 9.52. The van der Waals surface area contributed by atoms with E-state index in [1.165, 1.54) is 10.6 Å². The Morgan fingerprint density at radius 2 is 2.33 bits per heavy atom. The maximum absolute atomic E-state index is 10.8. The summed E-state index contributed by atoms with van der Waals surface area (Å²) >= 11 is 0. The molecule has 1 saturated heterocycles. The molecule has 1 aliphatic rings. The Morgan fingerprint density at radius 3 is 3.00 bits per heavy atom. The fourth-order valence-electron chi connectivity index (χ4n) is 2.10. The maximum Gasteiger partial charge on any atom is 0.356 e. The van der Waals surface area contributed by atoms with Crippen LogP contribution in [-0.2, 0) is 0 Å². The van der Waals surface area contributed by atoms with Gasteiger partial charge in [-0.25, -0.2) is 14.3 Å². The number of fused-ring (bicyclic) bond motifs is 1. The highest BCUT2D eigenvalue weighted by Crippen LogP contribution is 2.18. The molecular formula is C11H12N4O3. The van der Waals surface area contributed by atoms with Crippen LogP contribution in [-0.4, -0.2) is 50.0 Å². The molecule has 3 rings (SSSR count). The summed E-state index contributed by atoms with van der Waals surface area (Å²) in [7, 11) is 0. The van der Waals surface area contributed by atoms with Crippen molar-refractivity contribution in [1.29, 1.82) is 0 Å². The number of aliphatic hydroxyl groups excluding tert-OH is 1. The van der Waals surface area contributed by atoms with Crippen LogP contribution in [0, 0.1) is 0 Å². The summed E-state index contributed by atoms with van der Waals surface area (Å²) in [5.41, 5.74) is 0.465. The zero-order valence-electron chi connectivity index (χ0n) is 9.52. The summed E-state index contributed by atoms with van der Waals surface area (Å²) in [6.07, 6.45) is 2.09. The van der Waals surface area contributed by atoms with Crippen LogP contribution in [0.3, 0.4) is 0 Å². The first-order valence-corrected chi connectivity index (χ1v) is 5.66. The first-order valence-electron chi connectivity index (χ1n) is 5.66. The van der Waals surface area contributed by atoms with E-state index < -0.39 is 5.97 Å². The number of carboxylic acids is 1. The van der Waals surface area contributed by atoms with Gasteiger partial charge in [-0.05, 0) is 12.5 Å². The molecule has 1 aliphatic heterocycles. The first kappa shape index (κ1) is 11.0. The van der Waals surface area contributed by atoms with E-state index in [-0.39, 0.29) is 11.8 Å². The van der Waals surface area contributed by atoms with E-state index in [9.17, 15) is 9.90 Å². The van der Waals surface area contributed by atoms with Gasteiger partial charge in [-0.3, -0.25) is 0 Å². The van der Waals surface area contributed by atoms with Crippen LogP contribution in [0.25, 0.3) is 5.65 Å². The molecule has 0 unspecified atom stereocenters. The molecule has 0 radical (unpaired) electrons. The van der Waals surface area contributed by atoms with Crippen molar-refractivity contribution in [3.8, 4) is 0 Å². The molecule has 2 N–H and O–H groups in total. The molecule has 0 aromatic carbocycles. The van der Waals surface area contributed by atoms with Crippen molar-refractivity contribution in [2.75, 3.05) is 18.0 Å². The number of carboxylic acid groups (broad SMARTS) is 1. The van der Waals surface area contributed by atoms with E-state index in [2.05, 4.69) is 10.1 Å². The lowest BCUT2D eigenvalue weighted by atomic mass is 10.3. The van der Waals surface area contributed by atoms with E-state index in [0.29, 0.717) is 12.2 Å². The van der Waals surface area contributed by atoms with Crippen molar-refractivity contribution in [3.63, 3.8) is 0 Å². The lowest BCUT2D eigenvalue weighted by molar-refractivity contribution is 0.0690. The molecule has 0 amide bonds. The average molecular weight is 248 g/mol. The minimum Gasteiger partial charge on any atom is -0.476 e. The second-order valence-electron chi connectivity index (χ2n) is 4.31. The summed E-state index contributed by atoms with van der Waals surface area (Å²) in [5, 5.41) is 22.2. The van der Waals surface area contributed by atoms with E-state index in [1.54, 1.807) is 12.3 Å². The third-order valence-corrected chi connectivity index (χ3v) is 3.02. The lowest BCUT2D eigenvalue weighted by Crippen LogP contribution is -2.22. The largest absolute Gasteiger partial charge is 0.476 e. The molecular weight excluding hydrogens is 236 g/mol. The fourth-order valence-corrected chi connectivity index (χ4v) is 2.10. The van der Waals surface area contributed by atoms with Gasteiger partial charge in [0.25, 0.3) is 0 Å². The molecule has 2 aromatic heterocycles. The van der Waals surface area contributed by atoms with E-state index in [0.717, 1.165) is 18.8 Å². The van der Waals surface area contributed by atoms with Crippen molar-refractivity contribution >= 4 is 17.4 Å². The summed E-state index contributed by atoms with van der Waals surface area (Å²) in [6.45, 7) is 1.31. The van der Waals surface area contributed by atoms with Crippen LogP contribution in [0.15, 0.2) is 18.3 Å². The molecule has 1 fully saturated rings. The minimum absolute atomic E-state index is 0.0268. The SMILES string of the molecule is O=C(O)c1cc2nc(N3CC[C@H](O)C3)ccn2n1. The van der Waals surface area contributed by atoms with Gasteiger partial charge >= 0.3 is 5.97 Å². The van der Waals surface area contributed by atoms with Gasteiger partial charge in [0.05, 0.1) is 6.10 Å². The Hall–Kier alpha value is -2.15. The number of hydrogen-bond acceptors (Lipinski definition) is 5. The topological polar surface area (TPSA) is 91.0 Å². The number of anilines is 1. The highest BCUT2D eigenvalue weighted by Gasteiger charge is 2.21.